The van der Waals surface area contributed by atoms with E-state index in [0.717, 1.165) is 9.96 Å². The summed E-state index contributed by atoms with van der Waals surface area (Å²) < 4.78 is 5.33. The Hall–Kier alpha value is -2.20. The van der Waals surface area contributed by atoms with Gasteiger partial charge in [0.2, 0.25) is 0 Å². The molecule has 0 saturated heterocycles. The summed E-state index contributed by atoms with van der Waals surface area (Å²) in [5, 5.41) is 9.81. The summed E-state index contributed by atoms with van der Waals surface area (Å²) in [5.41, 5.74) is -0.342. The predicted octanol–water partition coefficient (Wildman–Crippen LogP) is 4.78. The van der Waals surface area contributed by atoms with Crippen LogP contribution < -0.4 is 0 Å². The van der Waals surface area contributed by atoms with Gasteiger partial charge in [-0.2, -0.15) is 5.26 Å². The molecule has 1 aromatic carbocycles. The van der Waals surface area contributed by atoms with Crippen molar-refractivity contribution in [2.24, 2.45) is 5.41 Å². The summed E-state index contributed by atoms with van der Waals surface area (Å²) in [6, 6.07) is 9.22. The molecule has 1 aromatic rings. The minimum absolute atomic E-state index is 0.190. The SMILES string of the molecule is CC(C)(C)CC(=O)ON(CCSc1ccc(C#N)cc1)C(=O)OC(C)(C)C. The Morgan fingerprint density at radius 3 is 2.19 bits per heavy atom. The van der Waals surface area contributed by atoms with Crippen molar-refractivity contribution in [3.8, 4) is 6.07 Å². The van der Waals surface area contributed by atoms with Crippen molar-refractivity contribution in [1.29, 1.82) is 5.26 Å². The molecule has 0 atom stereocenters. The molecule has 0 radical (unpaired) electrons. The summed E-state index contributed by atoms with van der Waals surface area (Å²) in [7, 11) is 0. The number of ether oxygens (including phenoxy) is 1. The van der Waals surface area contributed by atoms with Crippen molar-refractivity contribution in [2.75, 3.05) is 12.3 Å². The highest BCUT2D eigenvalue weighted by molar-refractivity contribution is 7.99. The Bertz CT molecular complexity index is 682. The third-order valence-corrected chi connectivity index (χ3v) is 4.02. The zero-order valence-corrected chi connectivity index (χ0v) is 17.7. The van der Waals surface area contributed by atoms with Crippen molar-refractivity contribution < 1.29 is 19.2 Å². The summed E-state index contributed by atoms with van der Waals surface area (Å²) in [6.07, 6.45) is -0.500. The Kier molecular flexibility index (Phi) is 8.17. The van der Waals surface area contributed by atoms with Gasteiger partial charge in [0.15, 0.2) is 0 Å². The van der Waals surface area contributed by atoms with E-state index in [-0.39, 0.29) is 18.4 Å². The van der Waals surface area contributed by atoms with E-state index >= 15 is 0 Å². The summed E-state index contributed by atoms with van der Waals surface area (Å²) in [5.74, 6) is 0.0326. The second-order valence-electron chi connectivity index (χ2n) is 8.27. The maximum absolute atomic E-state index is 12.4. The number of rotatable bonds is 5. The van der Waals surface area contributed by atoms with Gasteiger partial charge >= 0.3 is 12.1 Å². The molecule has 0 N–H and O–H groups in total. The van der Waals surface area contributed by atoms with Gasteiger partial charge in [-0.05, 0) is 50.5 Å². The number of thioether (sulfide) groups is 1. The number of nitriles is 1. The molecule has 7 heteroatoms. The van der Waals surface area contributed by atoms with Crippen molar-refractivity contribution in [3.63, 3.8) is 0 Å². The van der Waals surface area contributed by atoms with Gasteiger partial charge in [-0.25, -0.2) is 9.59 Å². The fourth-order valence-electron chi connectivity index (χ4n) is 1.95. The molecule has 0 saturated carbocycles. The molecule has 0 fully saturated rings. The predicted molar refractivity (Wildman–Crippen MR) is 105 cm³/mol. The van der Waals surface area contributed by atoms with Crippen molar-refractivity contribution in [3.05, 3.63) is 29.8 Å². The molecule has 1 amide bonds. The van der Waals surface area contributed by atoms with Crippen LogP contribution in [0.3, 0.4) is 0 Å². The topological polar surface area (TPSA) is 79.6 Å². The van der Waals surface area contributed by atoms with E-state index in [1.807, 2.05) is 32.9 Å². The molecule has 6 nitrogen and oxygen atoms in total. The molecule has 0 unspecified atom stereocenters. The highest BCUT2D eigenvalue weighted by Gasteiger charge is 2.27. The molecular formula is C20H28N2O4S. The van der Waals surface area contributed by atoms with Crippen LogP contribution in [0.2, 0.25) is 0 Å². The molecule has 148 valence electrons. The third kappa shape index (κ3) is 9.90. The van der Waals surface area contributed by atoms with Crippen LogP contribution in [0.25, 0.3) is 0 Å². The van der Waals surface area contributed by atoms with Crippen LogP contribution in [0, 0.1) is 16.7 Å². The van der Waals surface area contributed by atoms with Gasteiger partial charge in [0.25, 0.3) is 0 Å². The van der Waals surface area contributed by atoms with Gasteiger partial charge < -0.3 is 9.57 Å². The number of hydroxylamine groups is 2. The van der Waals surface area contributed by atoms with E-state index in [1.165, 1.54) is 11.8 Å². The molecule has 0 aliphatic heterocycles. The maximum atomic E-state index is 12.4. The zero-order chi connectivity index (χ0) is 20.7. The number of nitrogens with zero attached hydrogens (tertiary/aromatic N) is 2. The lowest BCUT2D eigenvalue weighted by Gasteiger charge is -2.27. The lowest BCUT2D eigenvalue weighted by Crippen LogP contribution is -2.40. The van der Waals surface area contributed by atoms with Gasteiger partial charge in [-0.3, -0.25) is 0 Å². The van der Waals surface area contributed by atoms with Crippen molar-refractivity contribution in [2.45, 2.75) is 58.5 Å². The number of hydrogen-bond acceptors (Lipinski definition) is 6. The van der Waals surface area contributed by atoms with Gasteiger partial charge in [0.05, 0.1) is 24.6 Å². The highest BCUT2D eigenvalue weighted by atomic mass is 32.2. The minimum Gasteiger partial charge on any atom is -0.442 e. The quantitative estimate of drug-likeness (QED) is 0.530. The van der Waals surface area contributed by atoms with Crippen LogP contribution in [0.5, 0.6) is 0 Å². The number of carbonyl (C=O) groups is 2. The van der Waals surface area contributed by atoms with E-state index in [1.54, 1.807) is 32.9 Å². The summed E-state index contributed by atoms with van der Waals surface area (Å²) in [6.45, 7) is 11.2. The fraction of sp³-hybridized carbons (Fsp3) is 0.550. The first-order valence-corrected chi connectivity index (χ1v) is 9.72. The average Bonchev–Trinajstić information content (AvgIpc) is 2.51. The zero-order valence-electron chi connectivity index (χ0n) is 16.9. The van der Waals surface area contributed by atoms with Crippen LogP contribution in [0.15, 0.2) is 29.2 Å². The van der Waals surface area contributed by atoms with Crippen LogP contribution in [-0.4, -0.2) is 35.0 Å². The average molecular weight is 393 g/mol. The van der Waals surface area contributed by atoms with Gasteiger partial charge in [-0.15, -0.1) is 16.8 Å². The Morgan fingerprint density at radius 1 is 1.11 bits per heavy atom. The maximum Gasteiger partial charge on any atom is 0.443 e. The number of amides is 1. The highest BCUT2D eigenvalue weighted by Crippen LogP contribution is 2.21. The molecule has 0 spiro atoms. The summed E-state index contributed by atoms with van der Waals surface area (Å²) >= 11 is 1.49. The molecule has 0 aromatic heterocycles. The normalized spacial score (nSPS) is 11.4. The molecule has 27 heavy (non-hydrogen) atoms. The standard InChI is InChI=1S/C20H28N2O4S/c1-19(2,3)13-17(23)26-22(18(24)25-20(4,5)6)11-12-27-16-9-7-15(14-21)8-10-16/h7-10H,11-13H2,1-6H3. The number of carbonyl (C=O) groups excluding carboxylic acids is 2. The van der Waals surface area contributed by atoms with Crippen molar-refractivity contribution in [1.82, 2.24) is 5.06 Å². The minimum atomic E-state index is -0.690. The first-order chi connectivity index (χ1) is 12.4. The molecular weight excluding hydrogens is 364 g/mol. The molecule has 0 aliphatic carbocycles. The second-order valence-corrected chi connectivity index (χ2v) is 9.44. The Balaban J connectivity index is 2.70. The second kappa shape index (κ2) is 9.65. The lowest BCUT2D eigenvalue weighted by molar-refractivity contribution is -0.185. The van der Waals surface area contributed by atoms with E-state index in [2.05, 4.69) is 6.07 Å². The molecule has 0 aliphatic rings. The van der Waals surface area contributed by atoms with Crippen LogP contribution >= 0.6 is 11.8 Å². The summed E-state index contributed by atoms with van der Waals surface area (Å²) in [4.78, 5) is 30.7. The van der Waals surface area contributed by atoms with Gasteiger partial charge in [0.1, 0.15) is 5.60 Å². The van der Waals surface area contributed by atoms with Gasteiger partial charge in [0, 0.05) is 10.6 Å². The third-order valence-electron chi connectivity index (χ3n) is 3.03. The van der Waals surface area contributed by atoms with E-state index in [4.69, 9.17) is 14.8 Å². The largest absolute Gasteiger partial charge is 0.443 e. The van der Waals surface area contributed by atoms with E-state index in [9.17, 15) is 9.59 Å². The number of benzene rings is 1. The molecule has 0 bridgehead atoms. The monoisotopic (exact) mass is 392 g/mol. The van der Waals surface area contributed by atoms with Crippen molar-refractivity contribution >= 4 is 23.8 Å². The van der Waals surface area contributed by atoms with E-state index < -0.39 is 17.7 Å². The smallest absolute Gasteiger partial charge is 0.442 e. The van der Waals surface area contributed by atoms with Gasteiger partial charge in [-0.1, -0.05) is 20.8 Å². The first-order valence-electron chi connectivity index (χ1n) is 8.74. The number of hydrogen-bond donors (Lipinski definition) is 0. The lowest BCUT2D eigenvalue weighted by atomic mass is 9.93. The fourth-order valence-corrected chi connectivity index (χ4v) is 2.77. The molecule has 1 rings (SSSR count). The van der Waals surface area contributed by atoms with E-state index in [0.29, 0.717) is 11.3 Å². The first kappa shape index (κ1) is 22.8. The van der Waals surface area contributed by atoms with Crippen LogP contribution in [0.1, 0.15) is 53.5 Å². The van der Waals surface area contributed by atoms with Crippen LogP contribution in [0.4, 0.5) is 4.79 Å². The molecule has 0 heterocycles. The Morgan fingerprint density at radius 2 is 1.70 bits per heavy atom. The van der Waals surface area contributed by atoms with Crippen LogP contribution in [-0.2, 0) is 14.4 Å². The Labute approximate surface area is 165 Å².